The Bertz CT molecular complexity index is 397. The van der Waals surface area contributed by atoms with E-state index in [9.17, 15) is 0 Å². The van der Waals surface area contributed by atoms with E-state index in [1.807, 2.05) is 25.1 Å². The molecule has 1 aliphatic rings. The van der Waals surface area contributed by atoms with Crippen LogP contribution in [0.2, 0.25) is 0 Å². The third kappa shape index (κ3) is 2.46. The molecule has 3 heteroatoms. The quantitative estimate of drug-likeness (QED) is 0.891. The number of methoxy groups -OCH3 is 1. The van der Waals surface area contributed by atoms with Crippen LogP contribution in [0.5, 0.6) is 11.5 Å². The summed E-state index contributed by atoms with van der Waals surface area (Å²) in [6, 6.07) is 5.92. The second kappa shape index (κ2) is 5.61. The normalized spacial score (nSPS) is 18.4. The molecule has 2 rings (SSSR count). The second-order valence-electron chi connectivity index (χ2n) is 4.98. The fraction of sp³-hybridized carbons (Fsp3) is 0.600. The zero-order valence-corrected chi connectivity index (χ0v) is 11.4. The van der Waals surface area contributed by atoms with Crippen LogP contribution in [-0.4, -0.2) is 13.7 Å². The van der Waals surface area contributed by atoms with Gasteiger partial charge in [0.15, 0.2) is 0 Å². The smallest absolute Gasteiger partial charge is 0.128 e. The molecule has 1 fully saturated rings. The molecule has 0 unspecified atom stereocenters. The first-order valence-corrected chi connectivity index (χ1v) is 6.80. The van der Waals surface area contributed by atoms with Crippen molar-refractivity contribution in [2.24, 2.45) is 5.73 Å². The van der Waals surface area contributed by atoms with Crippen LogP contribution in [0.4, 0.5) is 0 Å². The van der Waals surface area contributed by atoms with Crippen molar-refractivity contribution in [2.45, 2.75) is 44.6 Å². The highest BCUT2D eigenvalue weighted by molar-refractivity contribution is 5.49. The van der Waals surface area contributed by atoms with Gasteiger partial charge in [0.1, 0.15) is 11.5 Å². The highest BCUT2D eigenvalue weighted by atomic mass is 16.5. The molecule has 18 heavy (non-hydrogen) atoms. The van der Waals surface area contributed by atoms with E-state index in [0.29, 0.717) is 6.61 Å². The number of hydrogen-bond acceptors (Lipinski definition) is 3. The molecule has 2 N–H and O–H groups in total. The maximum absolute atomic E-state index is 6.63. The van der Waals surface area contributed by atoms with Crippen molar-refractivity contribution in [1.29, 1.82) is 0 Å². The Morgan fingerprint density at radius 3 is 2.44 bits per heavy atom. The Labute approximate surface area is 109 Å². The molecule has 3 nitrogen and oxygen atoms in total. The van der Waals surface area contributed by atoms with Gasteiger partial charge in [-0.05, 0) is 31.9 Å². The Morgan fingerprint density at radius 1 is 1.17 bits per heavy atom. The fourth-order valence-corrected chi connectivity index (χ4v) is 2.88. The highest BCUT2D eigenvalue weighted by Gasteiger charge is 2.34. The maximum Gasteiger partial charge on any atom is 0.128 e. The molecule has 0 amide bonds. The van der Waals surface area contributed by atoms with E-state index in [-0.39, 0.29) is 5.54 Å². The fourth-order valence-electron chi connectivity index (χ4n) is 2.88. The number of hydrogen-bond donors (Lipinski definition) is 1. The van der Waals surface area contributed by atoms with Crippen molar-refractivity contribution in [1.82, 2.24) is 0 Å². The lowest BCUT2D eigenvalue weighted by molar-refractivity contribution is 0.265. The van der Waals surface area contributed by atoms with Crippen molar-refractivity contribution in [3.8, 4) is 11.5 Å². The van der Waals surface area contributed by atoms with Crippen LogP contribution < -0.4 is 15.2 Å². The van der Waals surface area contributed by atoms with Crippen LogP contribution in [0, 0.1) is 0 Å². The summed E-state index contributed by atoms with van der Waals surface area (Å²) in [4.78, 5) is 0. The molecule has 0 aliphatic heterocycles. The predicted octanol–water partition coefficient (Wildman–Crippen LogP) is 3.21. The number of nitrogens with two attached hydrogens (primary N) is 1. The van der Waals surface area contributed by atoms with Crippen molar-refractivity contribution in [3.63, 3.8) is 0 Å². The molecule has 1 aromatic carbocycles. The Hall–Kier alpha value is -1.22. The monoisotopic (exact) mass is 249 g/mol. The van der Waals surface area contributed by atoms with E-state index in [2.05, 4.69) is 0 Å². The summed E-state index contributed by atoms with van der Waals surface area (Å²) < 4.78 is 11.2. The van der Waals surface area contributed by atoms with E-state index < -0.39 is 0 Å². The molecule has 0 radical (unpaired) electrons. The van der Waals surface area contributed by atoms with E-state index in [0.717, 1.165) is 29.9 Å². The molecule has 0 bridgehead atoms. The lowest BCUT2D eigenvalue weighted by Gasteiger charge is -2.36. The van der Waals surface area contributed by atoms with Gasteiger partial charge in [0.05, 0.1) is 19.3 Å². The number of ether oxygens (including phenoxy) is 2. The van der Waals surface area contributed by atoms with Crippen LogP contribution in [-0.2, 0) is 5.54 Å². The Kier molecular flexibility index (Phi) is 4.12. The van der Waals surface area contributed by atoms with Crippen molar-refractivity contribution >= 4 is 0 Å². The summed E-state index contributed by atoms with van der Waals surface area (Å²) in [5, 5.41) is 0. The predicted molar refractivity (Wildman–Crippen MR) is 73.1 cm³/mol. The molecule has 1 aliphatic carbocycles. The van der Waals surface area contributed by atoms with Gasteiger partial charge in [-0.25, -0.2) is 0 Å². The highest BCUT2D eigenvalue weighted by Crippen LogP contribution is 2.44. The molecule has 0 heterocycles. The summed E-state index contributed by atoms with van der Waals surface area (Å²) in [6.45, 7) is 2.64. The topological polar surface area (TPSA) is 44.5 Å². The van der Waals surface area contributed by atoms with E-state index in [1.54, 1.807) is 7.11 Å². The Morgan fingerprint density at radius 2 is 1.83 bits per heavy atom. The SMILES string of the molecule is CCOc1cccc(OC)c1C1(N)CCCCC1. The van der Waals surface area contributed by atoms with E-state index in [1.165, 1.54) is 19.3 Å². The van der Waals surface area contributed by atoms with E-state index >= 15 is 0 Å². The van der Waals surface area contributed by atoms with Crippen molar-refractivity contribution in [2.75, 3.05) is 13.7 Å². The van der Waals surface area contributed by atoms with Gasteiger partial charge in [0.25, 0.3) is 0 Å². The van der Waals surface area contributed by atoms with Gasteiger partial charge in [-0.15, -0.1) is 0 Å². The average Bonchev–Trinajstić information content (AvgIpc) is 2.39. The summed E-state index contributed by atoms with van der Waals surface area (Å²) in [5.41, 5.74) is 7.38. The minimum atomic E-state index is -0.296. The van der Waals surface area contributed by atoms with Crippen molar-refractivity contribution < 1.29 is 9.47 Å². The molecule has 0 atom stereocenters. The molecule has 0 saturated heterocycles. The lowest BCUT2D eigenvalue weighted by atomic mass is 9.76. The maximum atomic E-state index is 6.63. The van der Waals surface area contributed by atoms with Crippen LogP contribution in [0.3, 0.4) is 0 Å². The van der Waals surface area contributed by atoms with Gasteiger partial charge in [-0.3, -0.25) is 0 Å². The zero-order chi connectivity index (χ0) is 13.0. The summed E-state index contributed by atoms with van der Waals surface area (Å²) in [6.07, 6.45) is 5.65. The first kappa shape index (κ1) is 13.2. The third-order valence-electron chi connectivity index (χ3n) is 3.75. The van der Waals surface area contributed by atoms with Gasteiger partial charge in [-0.1, -0.05) is 25.3 Å². The molecule has 0 spiro atoms. The van der Waals surface area contributed by atoms with Gasteiger partial charge in [0.2, 0.25) is 0 Å². The van der Waals surface area contributed by atoms with Crippen LogP contribution >= 0.6 is 0 Å². The molecular formula is C15H23NO2. The van der Waals surface area contributed by atoms with E-state index in [4.69, 9.17) is 15.2 Å². The molecule has 1 saturated carbocycles. The van der Waals surface area contributed by atoms with Gasteiger partial charge in [0, 0.05) is 5.54 Å². The minimum absolute atomic E-state index is 0.296. The molecule has 1 aromatic rings. The number of benzene rings is 1. The minimum Gasteiger partial charge on any atom is -0.496 e. The first-order chi connectivity index (χ1) is 8.71. The van der Waals surface area contributed by atoms with Crippen molar-refractivity contribution in [3.05, 3.63) is 23.8 Å². The number of rotatable bonds is 4. The molecule has 100 valence electrons. The van der Waals surface area contributed by atoms with Gasteiger partial charge in [-0.2, -0.15) is 0 Å². The van der Waals surface area contributed by atoms with Gasteiger partial charge < -0.3 is 15.2 Å². The average molecular weight is 249 g/mol. The van der Waals surface area contributed by atoms with Gasteiger partial charge >= 0.3 is 0 Å². The third-order valence-corrected chi connectivity index (χ3v) is 3.75. The molecular weight excluding hydrogens is 226 g/mol. The summed E-state index contributed by atoms with van der Waals surface area (Å²) in [7, 11) is 1.70. The standard InChI is InChI=1S/C15H23NO2/c1-3-18-13-9-7-8-12(17-2)14(13)15(16)10-5-4-6-11-15/h7-9H,3-6,10-11,16H2,1-2H3. The second-order valence-corrected chi connectivity index (χ2v) is 4.98. The first-order valence-electron chi connectivity index (χ1n) is 6.80. The lowest BCUT2D eigenvalue weighted by Crippen LogP contribution is -2.39. The zero-order valence-electron chi connectivity index (χ0n) is 11.4. The summed E-state index contributed by atoms with van der Waals surface area (Å²) >= 11 is 0. The van der Waals surface area contributed by atoms with Crippen LogP contribution in [0.1, 0.15) is 44.6 Å². The van der Waals surface area contributed by atoms with Crippen LogP contribution in [0.25, 0.3) is 0 Å². The largest absolute Gasteiger partial charge is 0.496 e. The van der Waals surface area contributed by atoms with Crippen LogP contribution in [0.15, 0.2) is 18.2 Å². The molecule has 0 aromatic heterocycles. The summed E-state index contributed by atoms with van der Waals surface area (Å²) in [5.74, 6) is 1.73. The Balaban J connectivity index is 2.44.